The van der Waals surface area contributed by atoms with E-state index in [1.807, 2.05) is 59.5 Å². The van der Waals surface area contributed by atoms with E-state index in [-0.39, 0.29) is 30.1 Å². The van der Waals surface area contributed by atoms with E-state index in [0.29, 0.717) is 6.54 Å². The molecule has 0 aliphatic rings. The van der Waals surface area contributed by atoms with Crippen LogP contribution in [0.4, 0.5) is 0 Å². The van der Waals surface area contributed by atoms with Crippen molar-refractivity contribution in [2.24, 2.45) is 0 Å². The van der Waals surface area contributed by atoms with E-state index in [4.69, 9.17) is 4.74 Å². The summed E-state index contributed by atoms with van der Waals surface area (Å²) in [5.41, 5.74) is 2.08. The van der Waals surface area contributed by atoms with Crippen molar-refractivity contribution in [2.75, 3.05) is 6.61 Å². The highest BCUT2D eigenvalue weighted by molar-refractivity contribution is 6.91. The van der Waals surface area contributed by atoms with Crippen LogP contribution >= 0.6 is 0 Å². The van der Waals surface area contributed by atoms with Crippen molar-refractivity contribution >= 4 is 25.1 Å². The van der Waals surface area contributed by atoms with Crippen molar-refractivity contribution in [1.29, 1.82) is 0 Å². The third-order valence-electron chi connectivity index (χ3n) is 6.37. The van der Waals surface area contributed by atoms with E-state index in [9.17, 15) is 9.59 Å². The lowest BCUT2D eigenvalue weighted by Crippen LogP contribution is -2.53. The zero-order valence-electron chi connectivity index (χ0n) is 19.9. The van der Waals surface area contributed by atoms with Gasteiger partial charge in [-0.2, -0.15) is 0 Å². The Morgan fingerprint density at radius 3 is 1.85 bits per heavy atom. The standard InChI is InChI=1S/C28H33NO3Si/c1-22(30)29(20-24-14-8-5-9-15-24)28(25-16-10-6-11-17-25)27(21-32-23(2)31)33(3,4)26-18-12-7-13-19-26/h5-19,27-28H,20-21H2,1-4H3/t27-,28-/m0/s1. The van der Waals surface area contributed by atoms with Gasteiger partial charge in [0.25, 0.3) is 0 Å². The highest BCUT2D eigenvalue weighted by Gasteiger charge is 2.43. The van der Waals surface area contributed by atoms with Gasteiger partial charge in [0.2, 0.25) is 5.91 Å². The van der Waals surface area contributed by atoms with Gasteiger partial charge in [0.15, 0.2) is 0 Å². The molecule has 33 heavy (non-hydrogen) atoms. The molecular formula is C28H33NO3Si. The maximum absolute atomic E-state index is 13.1. The zero-order chi connectivity index (χ0) is 23.8. The van der Waals surface area contributed by atoms with E-state index in [1.54, 1.807) is 6.92 Å². The molecule has 172 valence electrons. The van der Waals surface area contributed by atoms with Crippen LogP contribution in [0.1, 0.15) is 31.0 Å². The lowest BCUT2D eigenvalue weighted by molar-refractivity contribution is -0.141. The summed E-state index contributed by atoms with van der Waals surface area (Å²) in [6, 6.07) is 30.4. The van der Waals surface area contributed by atoms with Crippen molar-refractivity contribution in [3.63, 3.8) is 0 Å². The number of carbonyl (C=O) groups is 2. The number of benzene rings is 3. The number of rotatable bonds is 9. The molecule has 0 bridgehead atoms. The SMILES string of the molecule is CC(=O)OC[C@@H]([C@H](c1ccccc1)N(Cc1ccccc1)C(C)=O)[Si](C)(C)c1ccccc1. The molecule has 0 fully saturated rings. The van der Waals surface area contributed by atoms with Crippen LogP contribution in [0, 0.1) is 0 Å². The molecule has 0 aliphatic heterocycles. The topological polar surface area (TPSA) is 46.6 Å². The molecule has 3 rings (SSSR count). The van der Waals surface area contributed by atoms with Crippen LogP contribution in [0.15, 0.2) is 91.0 Å². The Morgan fingerprint density at radius 1 is 0.818 bits per heavy atom. The minimum absolute atomic E-state index is 0.00149. The number of ether oxygens (including phenoxy) is 1. The minimum atomic E-state index is -2.22. The largest absolute Gasteiger partial charge is 0.466 e. The molecule has 0 saturated carbocycles. The average Bonchev–Trinajstić information content (AvgIpc) is 2.82. The number of hydrogen-bond donors (Lipinski definition) is 0. The summed E-state index contributed by atoms with van der Waals surface area (Å²) in [5.74, 6) is -0.305. The number of carbonyl (C=O) groups excluding carboxylic acids is 2. The number of nitrogens with zero attached hydrogens (tertiary/aromatic N) is 1. The van der Waals surface area contributed by atoms with Gasteiger partial charge >= 0.3 is 5.97 Å². The number of esters is 1. The van der Waals surface area contributed by atoms with E-state index in [1.165, 1.54) is 12.1 Å². The Kier molecular flexibility index (Phi) is 8.23. The summed E-state index contributed by atoms with van der Waals surface area (Å²) in [6.07, 6.45) is 0. The molecule has 0 unspecified atom stereocenters. The first-order valence-electron chi connectivity index (χ1n) is 11.4. The third-order valence-corrected chi connectivity index (χ3v) is 10.5. The van der Waals surface area contributed by atoms with Crippen molar-refractivity contribution in [3.05, 3.63) is 102 Å². The van der Waals surface area contributed by atoms with E-state index in [2.05, 4.69) is 49.5 Å². The van der Waals surface area contributed by atoms with E-state index >= 15 is 0 Å². The molecular weight excluding hydrogens is 426 g/mol. The van der Waals surface area contributed by atoms with Gasteiger partial charge in [0.1, 0.15) is 0 Å². The van der Waals surface area contributed by atoms with Gasteiger partial charge in [-0.05, 0) is 11.1 Å². The normalized spacial score (nSPS) is 13.1. The zero-order valence-corrected chi connectivity index (χ0v) is 20.9. The lowest BCUT2D eigenvalue weighted by Gasteiger charge is -2.43. The summed E-state index contributed by atoms with van der Waals surface area (Å²) in [5, 5.41) is 1.27. The molecule has 2 atom stereocenters. The first kappa shape index (κ1) is 24.5. The summed E-state index contributed by atoms with van der Waals surface area (Å²) in [6.45, 7) is 8.42. The van der Waals surface area contributed by atoms with Crippen molar-refractivity contribution < 1.29 is 14.3 Å². The van der Waals surface area contributed by atoms with Gasteiger partial charge in [-0.25, -0.2) is 0 Å². The molecule has 5 heteroatoms. The average molecular weight is 460 g/mol. The predicted molar refractivity (Wildman–Crippen MR) is 136 cm³/mol. The van der Waals surface area contributed by atoms with Crippen molar-refractivity contribution in [2.45, 2.75) is 45.1 Å². The molecule has 0 aliphatic carbocycles. The molecule has 0 aromatic heterocycles. The van der Waals surface area contributed by atoms with Crippen LogP contribution in [0.25, 0.3) is 0 Å². The fourth-order valence-corrected chi connectivity index (χ4v) is 7.59. The van der Waals surface area contributed by atoms with Crippen LogP contribution in [0.5, 0.6) is 0 Å². The third kappa shape index (κ3) is 6.20. The lowest BCUT2D eigenvalue weighted by atomic mass is 10.0. The Bertz CT molecular complexity index is 1040. The van der Waals surface area contributed by atoms with Gasteiger partial charge < -0.3 is 9.64 Å². The van der Waals surface area contributed by atoms with Crippen LogP contribution in [-0.4, -0.2) is 31.5 Å². The first-order valence-corrected chi connectivity index (χ1v) is 14.4. The fraction of sp³-hybridized carbons (Fsp3) is 0.286. The van der Waals surface area contributed by atoms with Crippen LogP contribution in [-0.2, 0) is 20.9 Å². The van der Waals surface area contributed by atoms with Gasteiger partial charge in [-0.3, -0.25) is 9.59 Å². The van der Waals surface area contributed by atoms with Gasteiger partial charge in [-0.1, -0.05) is 109 Å². The first-order chi connectivity index (χ1) is 15.8. The molecule has 0 N–H and O–H groups in total. The molecule has 1 amide bonds. The van der Waals surface area contributed by atoms with Gasteiger partial charge in [-0.15, -0.1) is 0 Å². The molecule has 3 aromatic rings. The summed E-state index contributed by atoms with van der Waals surface area (Å²) in [4.78, 5) is 26.9. The smallest absolute Gasteiger partial charge is 0.302 e. The molecule has 4 nitrogen and oxygen atoms in total. The van der Waals surface area contributed by atoms with Crippen LogP contribution in [0.2, 0.25) is 18.6 Å². The number of hydrogen-bond acceptors (Lipinski definition) is 3. The van der Waals surface area contributed by atoms with E-state index < -0.39 is 8.07 Å². The number of amides is 1. The predicted octanol–water partition coefficient (Wildman–Crippen LogP) is 5.33. The maximum Gasteiger partial charge on any atom is 0.302 e. The summed E-state index contributed by atoms with van der Waals surface area (Å²) >= 11 is 0. The Labute approximate surface area is 198 Å². The van der Waals surface area contributed by atoms with Crippen LogP contribution < -0.4 is 5.19 Å². The van der Waals surface area contributed by atoms with Gasteiger partial charge in [0.05, 0.1) is 20.7 Å². The van der Waals surface area contributed by atoms with Crippen molar-refractivity contribution in [1.82, 2.24) is 4.90 Å². The Morgan fingerprint density at radius 2 is 1.33 bits per heavy atom. The second-order valence-corrected chi connectivity index (χ2v) is 13.7. The molecule has 0 spiro atoms. The van der Waals surface area contributed by atoms with Crippen molar-refractivity contribution in [3.8, 4) is 0 Å². The molecule has 0 heterocycles. The molecule has 0 saturated heterocycles. The van der Waals surface area contributed by atoms with Gasteiger partial charge in [0, 0.05) is 25.9 Å². The quantitative estimate of drug-likeness (QED) is 0.321. The monoisotopic (exact) mass is 459 g/mol. The minimum Gasteiger partial charge on any atom is -0.466 e. The Balaban J connectivity index is 2.14. The van der Waals surface area contributed by atoms with Crippen LogP contribution in [0.3, 0.4) is 0 Å². The molecule has 0 radical (unpaired) electrons. The van der Waals surface area contributed by atoms with E-state index in [0.717, 1.165) is 11.1 Å². The maximum atomic E-state index is 13.1. The molecule has 3 aromatic carbocycles. The highest BCUT2D eigenvalue weighted by atomic mass is 28.3. The summed E-state index contributed by atoms with van der Waals surface area (Å²) in [7, 11) is -2.22. The Hall–Kier alpha value is -3.18. The highest BCUT2D eigenvalue weighted by Crippen LogP contribution is 2.41. The fourth-order valence-electron chi connectivity index (χ4n) is 4.45. The second-order valence-electron chi connectivity index (χ2n) is 8.98. The summed E-state index contributed by atoms with van der Waals surface area (Å²) < 4.78 is 5.65. The second kappa shape index (κ2) is 11.1.